The number of aromatic nitrogens is 1. The predicted molar refractivity (Wildman–Crippen MR) is 92.6 cm³/mol. The Labute approximate surface area is 139 Å². The zero-order valence-corrected chi connectivity index (χ0v) is 14.7. The van der Waals surface area contributed by atoms with Crippen molar-refractivity contribution in [3.8, 4) is 0 Å². The molecule has 1 atom stereocenters. The Morgan fingerprint density at radius 2 is 2.22 bits per heavy atom. The van der Waals surface area contributed by atoms with Gasteiger partial charge in [0.2, 0.25) is 10.0 Å². The second kappa shape index (κ2) is 9.32. The second-order valence-electron chi connectivity index (χ2n) is 6.15. The summed E-state index contributed by atoms with van der Waals surface area (Å²) in [4.78, 5) is 6.89. The average molecular weight is 340 g/mol. The summed E-state index contributed by atoms with van der Waals surface area (Å²) < 4.78 is 24.9. The zero-order chi connectivity index (χ0) is 16.5. The molecule has 0 amide bonds. The van der Waals surface area contributed by atoms with Gasteiger partial charge in [-0.3, -0.25) is 9.88 Å². The standard InChI is InChI=1S/C16H28N4O2S/c1-23(21,22)19-11-5-13-20(14-15-6-2-3-10-18-15)16-7-4-9-17-12-8-16/h2-3,6,10,16-17,19H,4-5,7-9,11-14H2,1H3. The Hall–Kier alpha value is -1.02. The van der Waals surface area contributed by atoms with E-state index >= 15 is 0 Å². The van der Waals surface area contributed by atoms with E-state index in [1.54, 1.807) is 0 Å². The highest BCUT2D eigenvalue weighted by Gasteiger charge is 2.20. The van der Waals surface area contributed by atoms with Crippen LogP contribution in [0.1, 0.15) is 31.4 Å². The van der Waals surface area contributed by atoms with Crippen molar-refractivity contribution < 1.29 is 8.42 Å². The van der Waals surface area contributed by atoms with Crippen molar-refractivity contribution in [2.24, 2.45) is 0 Å². The van der Waals surface area contributed by atoms with Gasteiger partial charge < -0.3 is 5.32 Å². The highest BCUT2D eigenvalue weighted by Crippen LogP contribution is 2.16. The highest BCUT2D eigenvalue weighted by atomic mass is 32.2. The van der Waals surface area contributed by atoms with Crippen LogP contribution >= 0.6 is 0 Å². The second-order valence-corrected chi connectivity index (χ2v) is 7.98. The minimum atomic E-state index is -3.10. The lowest BCUT2D eigenvalue weighted by Gasteiger charge is -2.30. The summed E-state index contributed by atoms with van der Waals surface area (Å²) in [5.74, 6) is 0. The molecule has 2 heterocycles. The molecule has 0 spiro atoms. The molecule has 1 aliphatic rings. The molecule has 6 nitrogen and oxygen atoms in total. The van der Waals surface area contributed by atoms with Gasteiger partial charge in [-0.1, -0.05) is 6.07 Å². The first-order chi connectivity index (χ1) is 11.0. The monoisotopic (exact) mass is 340 g/mol. The molecule has 7 heteroatoms. The third-order valence-electron chi connectivity index (χ3n) is 4.14. The fourth-order valence-corrected chi connectivity index (χ4v) is 3.51. The molecule has 2 rings (SSSR count). The maximum atomic E-state index is 11.2. The van der Waals surface area contributed by atoms with Gasteiger partial charge in [0.1, 0.15) is 0 Å². The molecule has 0 radical (unpaired) electrons. The molecule has 2 N–H and O–H groups in total. The Morgan fingerprint density at radius 1 is 1.35 bits per heavy atom. The number of nitrogens with zero attached hydrogens (tertiary/aromatic N) is 2. The van der Waals surface area contributed by atoms with Crippen molar-refractivity contribution in [1.82, 2.24) is 19.9 Å². The molecule has 0 bridgehead atoms. The van der Waals surface area contributed by atoms with Crippen LogP contribution in [-0.4, -0.2) is 56.8 Å². The van der Waals surface area contributed by atoms with E-state index in [0.717, 1.165) is 44.7 Å². The van der Waals surface area contributed by atoms with E-state index < -0.39 is 10.0 Å². The van der Waals surface area contributed by atoms with Crippen LogP contribution in [0.4, 0.5) is 0 Å². The molecular weight excluding hydrogens is 312 g/mol. The van der Waals surface area contributed by atoms with E-state index in [1.165, 1.54) is 19.1 Å². The molecule has 1 fully saturated rings. The molecule has 1 unspecified atom stereocenters. The minimum Gasteiger partial charge on any atom is -0.317 e. The summed E-state index contributed by atoms with van der Waals surface area (Å²) >= 11 is 0. The topological polar surface area (TPSA) is 74.3 Å². The molecule has 0 aliphatic carbocycles. The SMILES string of the molecule is CS(=O)(=O)NCCCN(Cc1ccccn1)C1CCCNCC1. The lowest BCUT2D eigenvalue weighted by molar-refractivity contribution is 0.169. The van der Waals surface area contributed by atoms with Crippen molar-refractivity contribution in [1.29, 1.82) is 0 Å². The zero-order valence-electron chi connectivity index (χ0n) is 13.9. The summed E-state index contributed by atoms with van der Waals surface area (Å²) in [6.07, 6.45) is 7.34. The van der Waals surface area contributed by atoms with Gasteiger partial charge in [0.15, 0.2) is 0 Å². The van der Waals surface area contributed by atoms with Crippen LogP contribution in [0.3, 0.4) is 0 Å². The highest BCUT2D eigenvalue weighted by molar-refractivity contribution is 7.88. The van der Waals surface area contributed by atoms with E-state index in [2.05, 4.69) is 26.0 Å². The Kier molecular flexibility index (Phi) is 7.42. The number of rotatable bonds is 8. The summed E-state index contributed by atoms with van der Waals surface area (Å²) in [6.45, 7) is 4.32. The predicted octanol–water partition coefficient (Wildman–Crippen LogP) is 0.965. The van der Waals surface area contributed by atoms with Crippen LogP contribution in [0.25, 0.3) is 0 Å². The van der Waals surface area contributed by atoms with Crippen LogP contribution in [-0.2, 0) is 16.6 Å². The first kappa shape index (κ1) is 18.3. The third kappa shape index (κ3) is 7.39. The molecule has 1 aromatic rings. The smallest absolute Gasteiger partial charge is 0.208 e. The fourth-order valence-electron chi connectivity index (χ4n) is 3.00. The van der Waals surface area contributed by atoms with Crippen LogP contribution in [0.15, 0.2) is 24.4 Å². The van der Waals surface area contributed by atoms with Crippen molar-refractivity contribution >= 4 is 10.0 Å². The summed E-state index contributed by atoms with van der Waals surface area (Å²) in [5.41, 5.74) is 1.07. The summed E-state index contributed by atoms with van der Waals surface area (Å²) in [7, 11) is -3.10. The fraction of sp³-hybridized carbons (Fsp3) is 0.688. The van der Waals surface area contributed by atoms with Crippen molar-refractivity contribution in [3.63, 3.8) is 0 Å². The van der Waals surface area contributed by atoms with Gasteiger partial charge >= 0.3 is 0 Å². The van der Waals surface area contributed by atoms with E-state index in [-0.39, 0.29) is 0 Å². The van der Waals surface area contributed by atoms with E-state index in [1.807, 2.05) is 18.3 Å². The summed E-state index contributed by atoms with van der Waals surface area (Å²) in [6, 6.07) is 6.53. The first-order valence-electron chi connectivity index (χ1n) is 8.34. The molecule has 0 saturated carbocycles. The lowest BCUT2D eigenvalue weighted by Crippen LogP contribution is -2.38. The molecule has 23 heavy (non-hydrogen) atoms. The van der Waals surface area contributed by atoms with E-state index in [9.17, 15) is 8.42 Å². The van der Waals surface area contributed by atoms with Crippen LogP contribution in [0, 0.1) is 0 Å². The normalized spacial score (nSPS) is 19.7. The maximum Gasteiger partial charge on any atom is 0.208 e. The van der Waals surface area contributed by atoms with Crippen molar-refractivity contribution in [2.45, 2.75) is 38.3 Å². The van der Waals surface area contributed by atoms with Crippen LogP contribution in [0.2, 0.25) is 0 Å². The lowest BCUT2D eigenvalue weighted by atomic mass is 10.1. The number of nitrogens with one attached hydrogen (secondary N) is 2. The van der Waals surface area contributed by atoms with Gasteiger partial charge in [-0.25, -0.2) is 13.1 Å². The Morgan fingerprint density at radius 3 is 2.96 bits per heavy atom. The molecule has 1 aromatic heterocycles. The molecule has 0 aromatic carbocycles. The van der Waals surface area contributed by atoms with Gasteiger partial charge in [0.05, 0.1) is 11.9 Å². The van der Waals surface area contributed by atoms with Crippen LogP contribution in [0.5, 0.6) is 0 Å². The number of pyridine rings is 1. The van der Waals surface area contributed by atoms with Gasteiger partial charge in [-0.2, -0.15) is 0 Å². The molecule has 1 saturated heterocycles. The Balaban J connectivity index is 1.92. The quantitative estimate of drug-likeness (QED) is 0.690. The Bertz CT molecular complexity index is 542. The van der Waals surface area contributed by atoms with Crippen LogP contribution < -0.4 is 10.0 Å². The third-order valence-corrected chi connectivity index (χ3v) is 4.87. The van der Waals surface area contributed by atoms with Gasteiger partial charge in [0.25, 0.3) is 0 Å². The van der Waals surface area contributed by atoms with Crippen molar-refractivity contribution in [3.05, 3.63) is 30.1 Å². The minimum absolute atomic E-state index is 0.489. The number of sulfonamides is 1. The first-order valence-corrected chi connectivity index (χ1v) is 10.2. The summed E-state index contributed by atoms with van der Waals surface area (Å²) in [5, 5.41) is 3.45. The van der Waals surface area contributed by atoms with Gasteiger partial charge in [-0.15, -0.1) is 0 Å². The maximum absolute atomic E-state index is 11.2. The largest absolute Gasteiger partial charge is 0.317 e. The van der Waals surface area contributed by atoms with Gasteiger partial charge in [-0.05, 0) is 50.9 Å². The van der Waals surface area contributed by atoms with Gasteiger partial charge in [0, 0.05) is 31.9 Å². The van der Waals surface area contributed by atoms with E-state index in [4.69, 9.17) is 0 Å². The average Bonchev–Trinajstić information content (AvgIpc) is 2.79. The molecule has 1 aliphatic heterocycles. The van der Waals surface area contributed by atoms with E-state index in [0.29, 0.717) is 12.6 Å². The number of hydrogen-bond donors (Lipinski definition) is 2. The number of hydrogen-bond acceptors (Lipinski definition) is 5. The van der Waals surface area contributed by atoms with Crippen molar-refractivity contribution in [2.75, 3.05) is 32.4 Å². The molecule has 130 valence electrons. The molecular formula is C16H28N4O2S.